The molecule has 0 aromatic heterocycles. The van der Waals surface area contributed by atoms with Crippen molar-refractivity contribution in [1.82, 2.24) is 0 Å². The summed E-state index contributed by atoms with van der Waals surface area (Å²) in [4.78, 5) is 0.810. The van der Waals surface area contributed by atoms with Crippen LogP contribution in [0.1, 0.15) is 11.1 Å². The Labute approximate surface area is 126 Å². The van der Waals surface area contributed by atoms with E-state index in [-0.39, 0.29) is 0 Å². The van der Waals surface area contributed by atoms with E-state index in [4.69, 9.17) is 15.2 Å². The molecule has 0 amide bonds. The van der Waals surface area contributed by atoms with Crippen molar-refractivity contribution in [1.29, 1.82) is 0 Å². The predicted octanol–water partition coefficient (Wildman–Crippen LogP) is 2.66. The van der Waals surface area contributed by atoms with Crippen molar-refractivity contribution in [2.75, 3.05) is 18.9 Å². The highest BCUT2D eigenvalue weighted by atomic mass is 32.2. The number of anilines is 1. The summed E-state index contributed by atoms with van der Waals surface area (Å²) in [5, 5.41) is 0. The molecule has 0 spiro atoms. The average Bonchev–Trinajstić information content (AvgIpc) is 2.48. The maximum Gasteiger partial charge on any atom is 0.163 e. The van der Waals surface area contributed by atoms with Gasteiger partial charge < -0.3 is 15.2 Å². The van der Waals surface area contributed by atoms with Gasteiger partial charge in [-0.15, -0.1) is 0 Å². The molecule has 1 aliphatic heterocycles. The fraction of sp³-hybridized carbons (Fsp3) is 0.250. The van der Waals surface area contributed by atoms with Crippen LogP contribution in [-0.2, 0) is 16.6 Å². The molecule has 110 valence electrons. The Morgan fingerprint density at radius 3 is 2.57 bits per heavy atom. The van der Waals surface area contributed by atoms with Gasteiger partial charge in [-0.1, -0.05) is 12.1 Å². The summed E-state index contributed by atoms with van der Waals surface area (Å²) in [5.41, 5.74) is 8.53. The molecule has 1 unspecified atom stereocenters. The van der Waals surface area contributed by atoms with E-state index in [2.05, 4.69) is 0 Å². The van der Waals surface area contributed by atoms with E-state index >= 15 is 0 Å². The fourth-order valence-electron chi connectivity index (χ4n) is 2.25. The number of hydrogen-bond donors (Lipinski definition) is 1. The zero-order chi connectivity index (χ0) is 14.8. The highest BCUT2D eigenvalue weighted by Gasteiger charge is 2.16. The van der Waals surface area contributed by atoms with E-state index in [0.29, 0.717) is 36.2 Å². The molecule has 2 N–H and O–H groups in total. The molecule has 2 aromatic rings. The van der Waals surface area contributed by atoms with Crippen LogP contribution >= 0.6 is 0 Å². The van der Waals surface area contributed by atoms with Gasteiger partial charge in [-0.3, -0.25) is 4.21 Å². The van der Waals surface area contributed by atoms with Gasteiger partial charge in [0.25, 0.3) is 0 Å². The van der Waals surface area contributed by atoms with Crippen molar-refractivity contribution >= 4 is 16.5 Å². The Morgan fingerprint density at radius 1 is 1.14 bits per heavy atom. The van der Waals surface area contributed by atoms with E-state index in [0.717, 1.165) is 16.0 Å². The first kappa shape index (κ1) is 13.9. The minimum atomic E-state index is -1.13. The molecule has 2 aromatic carbocycles. The second-order valence-corrected chi connectivity index (χ2v) is 6.45. The summed E-state index contributed by atoms with van der Waals surface area (Å²) in [6, 6.07) is 11.3. The lowest BCUT2D eigenvalue weighted by atomic mass is 10.2. The lowest BCUT2D eigenvalue weighted by Gasteiger charge is -2.20. The van der Waals surface area contributed by atoms with Gasteiger partial charge in [-0.25, -0.2) is 0 Å². The normalized spacial score (nSPS) is 14.7. The highest BCUT2D eigenvalue weighted by molar-refractivity contribution is 7.84. The number of hydrogen-bond acceptors (Lipinski definition) is 4. The van der Waals surface area contributed by atoms with Gasteiger partial charge in [0.05, 0.1) is 16.6 Å². The van der Waals surface area contributed by atoms with Crippen LogP contribution in [0.2, 0.25) is 0 Å². The van der Waals surface area contributed by atoms with E-state index < -0.39 is 10.8 Å². The third-order valence-electron chi connectivity index (χ3n) is 3.34. The smallest absolute Gasteiger partial charge is 0.163 e. The lowest BCUT2D eigenvalue weighted by Crippen LogP contribution is -2.16. The summed E-state index contributed by atoms with van der Waals surface area (Å²) >= 11 is 0. The number of rotatable bonds is 3. The van der Waals surface area contributed by atoms with E-state index in [1.807, 2.05) is 37.3 Å². The number of nitrogen functional groups attached to an aromatic ring is 1. The van der Waals surface area contributed by atoms with Crippen molar-refractivity contribution in [2.24, 2.45) is 0 Å². The summed E-state index contributed by atoms with van der Waals surface area (Å²) in [6.45, 7) is 3.04. The third-order valence-corrected chi connectivity index (χ3v) is 4.70. The van der Waals surface area contributed by atoms with Gasteiger partial charge >= 0.3 is 0 Å². The summed E-state index contributed by atoms with van der Waals surface area (Å²) < 4.78 is 23.5. The van der Waals surface area contributed by atoms with Gasteiger partial charge in [0.15, 0.2) is 11.5 Å². The fourth-order valence-corrected chi connectivity index (χ4v) is 3.50. The van der Waals surface area contributed by atoms with Crippen LogP contribution in [0.4, 0.5) is 5.69 Å². The van der Waals surface area contributed by atoms with Crippen LogP contribution < -0.4 is 15.2 Å². The molecule has 1 aliphatic rings. The largest absolute Gasteiger partial charge is 0.486 e. The topological polar surface area (TPSA) is 61.6 Å². The van der Waals surface area contributed by atoms with E-state index in [1.165, 1.54) is 0 Å². The molecule has 1 heterocycles. The van der Waals surface area contributed by atoms with Crippen molar-refractivity contribution < 1.29 is 13.7 Å². The quantitative estimate of drug-likeness (QED) is 0.886. The molecule has 0 saturated carbocycles. The van der Waals surface area contributed by atoms with Crippen molar-refractivity contribution in [2.45, 2.75) is 17.6 Å². The van der Waals surface area contributed by atoms with Gasteiger partial charge in [-0.05, 0) is 36.2 Å². The lowest BCUT2D eigenvalue weighted by molar-refractivity contribution is 0.171. The number of benzene rings is 2. The second-order valence-electron chi connectivity index (χ2n) is 5.00. The first-order valence-corrected chi connectivity index (χ1v) is 8.08. The van der Waals surface area contributed by atoms with Crippen LogP contribution in [-0.4, -0.2) is 17.4 Å². The monoisotopic (exact) mass is 303 g/mol. The van der Waals surface area contributed by atoms with E-state index in [9.17, 15) is 4.21 Å². The number of ether oxygens (including phenoxy) is 2. The molecular weight excluding hydrogens is 286 g/mol. The maximum absolute atomic E-state index is 12.5. The van der Waals surface area contributed by atoms with Crippen LogP contribution in [0.25, 0.3) is 0 Å². The molecule has 0 fully saturated rings. The molecule has 0 radical (unpaired) electrons. The van der Waals surface area contributed by atoms with Gasteiger partial charge in [0.1, 0.15) is 13.2 Å². The molecule has 3 rings (SSSR count). The zero-order valence-electron chi connectivity index (χ0n) is 11.8. The highest BCUT2D eigenvalue weighted by Crippen LogP contribution is 2.35. The molecule has 0 bridgehead atoms. The van der Waals surface area contributed by atoms with Crippen LogP contribution in [0.3, 0.4) is 0 Å². The second kappa shape index (κ2) is 5.77. The Hall–Kier alpha value is -2.01. The van der Waals surface area contributed by atoms with Crippen molar-refractivity contribution in [3.8, 4) is 11.5 Å². The summed E-state index contributed by atoms with van der Waals surface area (Å²) in [5.74, 6) is 1.70. The minimum Gasteiger partial charge on any atom is -0.486 e. The van der Waals surface area contributed by atoms with Gasteiger partial charge in [-0.2, -0.15) is 0 Å². The standard InChI is InChI=1S/C16H17NO3S/c1-11-3-2-4-13(7-11)21(18)10-12-8-15-16(9-14(12)17)20-6-5-19-15/h2-4,7-9H,5-6,10,17H2,1H3. The first-order chi connectivity index (χ1) is 10.1. The Bertz CT molecular complexity index is 700. The Kier molecular flexibility index (Phi) is 3.84. The average molecular weight is 303 g/mol. The number of fused-ring (bicyclic) bond motifs is 1. The molecule has 1 atom stereocenters. The van der Waals surface area contributed by atoms with Crippen molar-refractivity contribution in [3.05, 3.63) is 47.5 Å². The van der Waals surface area contributed by atoms with Crippen LogP contribution in [0, 0.1) is 6.92 Å². The molecule has 4 nitrogen and oxygen atoms in total. The van der Waals surface area contributed by atoms with Gasteiger partial charge in [0.2, 0.25) is 0 Å². The molecule has 0 aliphatic carbocycles. The molecule has 5 heteroatoms. The Morgan fingerprint density at radius 2 is 1.86 bits per heavy atom. The third kappa shape index (κ3) is 3.03. The first-order valence-electron chi connectivity index (χ1n) is 6.76. The number of aryl methyl sites for hydroxylation is 1. The summed E-state index contributed by atoms with van der Waals surface area (Å²) in [6.07, 6.45) is 0. The molecule has 21 heavy (non-hydrogen) atoms. The predicted molar refractivity (Wildman–Crippen MR) is 83.1 cm³/mol. The summed E-state index contributed by atoms with van der Waals surface area (Å²) in [7, 11) is -1.13. The van der Waals surface area contributed by atoms with Crippen LogP contribution in [0.15, 0.2) is 41.3 Å². The van der Waals surface area contributed by atoms with Crippen LogP contribution in [0.5, 0.6) is 11.5 Å². The van der Waals surface area contributed by atoms with E-state index in [1.54, 1.807) is 6.07 Å². The van der Waals surface area contributed by atoms with Crippen molar-refractivity contribution in [3.63, 3.8) is 0 Å². The molecule has 0 saturated heterocycles. The zero-order valence-corrected chi connectivity index (χ0v) is 12.6. The SMILES string of the molecule is Cc1cccc(S(=O)Cc2cc3c(cc2N)OCCO3)c1. The minimum absolute atomic E-state index is 0.367. The number of nitrogens with two attached hydrogens (primary N) is 1. The maximum atomic E-state index is 12.5. The Balaban J connectivity index is 1.86. The van der Waals surface area contributed by atoms with Gasteiger partial charge in [0, 0.05) is 16.6 Å². The molecular formula is C16H17NO3S.